The lowest BCUT2D eigenvalue weighted by Crippen LogP contribution is -2.31. The number of halogens is 3. The SMILES string of the molecule is CCC(NC(=O)c1ccccc1F)c1nc2ccccc2n1Cc1ccc(Cl)c(Cl)c1. The third-order valence-electron chi connectivity index (χ3n) is 5.15. The maximum Gasteiger partial charge on any atom is 0.254 e. The predicted octanol–water partition coefficient (Wildman–Crippen LogP) is 6.41. The van der Waals surface area contributed by atoms with Crippen molar-refractivity contribution < 1.29 is 9.18 Å². The Hall–Kier alpha value is -2.89. The number of imidazole rings is 1. The van der Waals surface area contributed by atoms with Crippen LogP contribution in [0.5, 0.6) is 0 Å². The molecule has 1 heterocycles. The van der Waals surface area contributed by atoms with E-state index in [0.717, 1.165) is 16.6 Å². The number of hydrogen-bond donors (Lipinski definition) is 1. The van der Waals surface area contributed by atoms with Gasteiger partial charge in [0.1, 0.15) is 11.6 Å². The van der Waals surface area contributed by atoms with Crippen LogP contribution in [-0.4, -0.2) is 15.5 Å². The summed E-state index contributed by atoms with van der Waals surface area (Å²) in [5.74, 6) is -0.336. The molecule has 0 bridgehead atoms. The standard InChI is InChI=1S/C24H20Cl2FN3O/c1-2-20(29-24(31)16-7-3-4-8-19(16)27)23-28-21-9-5-6-10-22(21)30(23)14-15-11-12-17(25)18(26)13-15/h3-13,20H,2,14H2,1H3,(H,29,31). The van der Waals surface area contributed by atoms with Gasteiger partial charge >= 0.3 is 0 Å². The van der Waals surface area contributed by atoms with Gasteiger partial charge in [0.2, 0.25) is 0 Å². The van der Waals surface area contributed by atoms with Crippen molar-refractivity contribution in [1.29, 1.82) is 0 Å². The highest BCUT2D eigenvalue weighted by Crippen LogP contribution is 2.27. The summed E-state index contributed by atoms with van der Waals surface area (Å²) >= 11 is 12.3. The maximum absolute atomic E-state index is 14.1. The first-order valence-corrected chi connectivity index (χ1v) is 10.7. The molecule has 0 fully saturated rings. The topological polar surface area (TPSA) is 46.9 Å². The van der Waals surface area contributed by atoms with Crippen molar-refractivity contribution in [3.63, 3.8) is 0 Å². The van der Waals surface area contributed by atoms with Gasteiger partial charge in [-0.3, -0.25) is 4.79 Å². The summed E-state index contributed by atoms with van der Waals surface area (Å²) in [6.45, 7) is 2.45. The van der Waals surface area contributed by atoms with Crippen LogP contribution in [0.15, 0.2) is 66.7 Å². The number of rotatable bonds is 6. The van der Waals surface area contributed by atoms with Crippen LogP contribution in [0.3, 0.4) is 0 Å². The van der Waals surface area contributed by atoms with Crippen LogP contribution in [0, 0.1) is 5.82 Å². The maximum atomic E-state index is 14.1. The zero-order valence-electron chi connectivity index (χ0n) is 16.8. The van der Waals surface area contributed by atoms with Gasteiger partial charge in [-0.05, 0) is 48.4 Å². The third kappa shape index (κ3) is 4.43. The van der Waals surface area contributed by atoms with E-state index < -0.39 is 17.8 Å². The summed E-state index contributed by atoms with van der Waals surface area (Å²) in [5, 5.41) is 3.91. The van der Waals surface area contributed by atoms with Crippen LogP contribution in [-0.2, 0) is 6.54 Å². The summed E-state index contributed by atoms with van der Waals surface area (Å²) in [5.41, 5.74) is 2.71. The van der Waals surface area contributed by atoms with Crippen LogP contribution in [0.2, 0.25) is 10.0 Å². The molecule has 0 radical (unpaired) electrons. The largest absolute Gasteiger partial charge is 0.342 e. The quantitative estimate of drug-likeness (QED) is 0.364. The van der Waals surface area contributed by atoms with E-state index in [1.807, 2.05) is 47.9 Å². The van der Waals surface area contributed by atoms with Crippen molar-refractivity contribution in [3.05, 3.63) is 99.5 Å². The average molecular weight is 456 g/mol. The van der Waals surface area contributed by atoms with Gasteiger partial charge in [-0.1, -0.05) is 60.5 Å². The molecule has 4 aromatic rings. The lowest BCUT2D eigenvalue weighted by atomic mass is 10.1. The molecule has 1 amide bonds. The molecule has 3 aromatic carbocycles. The highest BCUT2D eigenvalue weighted by atomic mass is 35.5. The second kappa shape index (κ2) is 9.08. The summed E-state index contributed by atoms with van der Waals surface area (Å²) < 4.78 is 16.1. The van der Waals surface area contributed by atoms with Crippen molar-refractivity contribution in [2.45, 2.75) is 25.9 Å². The number of benzene rings is 3. The Morgan fingerprint density at radius 3 is 2.55 bits per heavy atom. The Balaban J connectivity index is 1.73. The number of carbonyl (C=O) groups is 1. The Bertz CT molecular complexity index is 1250. The first-order valence-electron chi connectivity index (χ1n) is 9.92. The molecule has 0 aliphatic rings. The summed E-state index contributed by atoms with van der Waals surface area (Å²) in [4.78, 5) is 17.5. The smallest absolute Gasteiger partial charge is 0.254 e. The first kappa shape index (κ1) is 21.3. The molecule has 1 unspecified atom stereocenters. The van der Waals surface area contributed by atoms with E-state index in [0.29, 0.717) is 28.8 Å². The molecule has 7 heteroatoms. The van der Waals surface area contributed by atoms with Crippen molar-refractivity contribution in [2.75, 3.05) is 0 Å². The van der Waals surface area contributed by atoms with Crippen molar-refractivity contribution >= 4 is 40.1 Å². The van der Waals surface area contributed by atoms with Gasteiger partial charge in [-0.15, -0.1) is 0 Å². The number of para-hydroxylation sites is 2. The van der Waals surface area contributed by atoms with Gasteiger partial charge in [0.25, 0.3) is 5.91 Å². The van der Waals surface area contributed by atoms with Crippen LogP contribution in [0.1, 0.15) is 41.1 Å². The van der Waals surface area contributed by atoms with Crippen molar-refractivity contribution in [1.82, 2.24) is 14.9 Å². The number of hydrogen-bond acceptors (Lipinski definition) is 2. The minimum atomic E-state index is -0.556. The minimum absolute atomic E-state index is 0.00749. The van der Waals surface area contributed by atoms with Crippen LogP contribution in [0.4, 0.5) is 4.39 Å². The van der Waals surface area contributed by atoms with Gasteiger partial charge in [0.05, 0.1) is 32.7 Å². The van der Waals surface area contributed by atoms with Gasteiger partial charge < -0.3 is 9.88 Å². The van der Waals surface area contributed by atoms with E-state index in [1.54, 1.807) is 18.2 Å². The molecular weight excluding hydrogens is 436 g/mol. The molecule has 0 aliphatic heterocycles. The van der Waals surface area contributed by atoms with E-state index in [1.165, 1.54) is 12.1 Å². The number of nitrogens with one attached hydrogen (secondary N) is 1. The molecule has 0 aliphatic carbocycles. The van der Waals surface area contributed by atoms with Crippen LogP contribution < -0.4 is 5.32 Å². The Labute approximate surface area is 189 Å². The summed E-state index contributed by atoms with van der Waals surface area (Å²) in [6, 6.07) is 18.8. The number of fused-ring (bicyclic) bond motifs is 1. The first-order chi connectivity index (χ1) is 15.0. The fraction of sp³-hybridized carbons (Fsp3) is 0.167. The number of aromatic nitrogens is 2. The lowest BCUT2D eigenvalue weighted by molar-refractivity contribution is 0.0929. The Morgan fingerprint density at radius 1 is 1.06 bits per heavy atom. The van der Waals surface area contributed by atoms with Gasteiger partial charge in [-0.2, -0.15) is 0 Å². The number of carbonyl (C=O) groups excluding carboxylic acids is 1. The number of amides is 1. The van der Waals surface area contributed by atoms with Crippen molar-refractivity contribution in [3.8, 4) is 0 Å². The predicted molar refractivity (Wildman–Crippen MR) is 122 cm³/mol. The summed E-state index contributed by atoms with van der Waals surface area (Å²) in [6.07, 6.45) is 0.588. The second-order valence-electron chi connectivity index (χ2n) is 7.21. The molecule has 31 heavy (non-hydrogen) atoms. The van der Waals surface area contributed by atoms with E-state index in [-0.39, 0.29) is 5.56 Å². The molecule has 0 spiro atoms. The molecule has 1 N–H and O–H groups in total. The minimum Gasteiger partial charge on any atom is -0.342 e. The zero-order chi connectivity index (χ0) is 22.0. The van der Waals surface area contributed by atoms with Gasteiger partial charge in [0.15, 0.2) is 0 Å². The zero-order valence-corrected chi connectivity index (χ0v) is 18.3. The molecule has 1 atom stereocenters. The van der Waals surface area contributed by atoms with E-state index in [4.69, 9.17) is 28.2 Å². The summed E-state index contributed by atoms with van der Waals surface area (Å²) in [7, 11) is 0. The molecule has 4 nitrogen and oxygen atoms in total. The third-order valence-corrected chi connectivity index (χ3v) is 5.89. The van der Waals surface area contributed by atoms with E-state index >= 15 is 0 Å². The fourth-order valence-corrected chi connectivity index (χ4v) is 3.90. The Morgan fingerprint density at radius 2 is 1.81 bits per heavy atom. The monoisotopic (exact) mass is 455 g/mol. The van der Waals surface area contributed by atoms with E-state index in [2.05, 4.69) is 5.32 Å². The molecule has 4 rings (SSSR count). The second-order valence-corrected chi connectivity index (χ2v) is 8.02. The highest BCUT2D eigenvalue weighted by Gasteiger charge is 2.22. The number of nitrogens with zero attached hydrogens (tertiary/aromatic N) is 2. The van der Waals surface area contributed by atoms with Gasteiger partial charge in [-0.25, -0.2) is 9.37 Å². The molecule has 1 aromatic heterocycles. The molecular formula is C24H20Cl2FN3O. The normalized spacial score (nSPS) is 12.1. The average Bonchev–Trinajstić information content (AvgIpc) is 3.13. The molecule has 0 saturated heterocycles. The Kier molecular flexibility index (Phi) is 6.25. The van der Waals surface area contributed by atoms with Crippen molar-refractivity contribution in [2.24, 2.45) is 0 Å². The highest BCUT2D eigenvalue weighted by molar-refractivity contribution is 6.42. The van der Waals surface area contributed by atoms with Crippen LogP contribution in [0.25, 0.3) is 11.0 Å². The fourth-order valence-electron chi connectivity index (χ4n) is 3.58. The molecule has 158 valence electrons. The van der Waals surface area contributed by atoms with E-state index in [9.17, 15) is 9.18 Å². The van der Waals surface area contributed by atoms with Crippen LogP contribution >= 0.6 is 23.2 Å². The molecule has 0 saturated carbocycles. The lowest BCUT2D eigenvalue weighted by Gasteiger charge is -2.19. The van der Waals surface area contributed by atoms with Gasteiger partial charge in [0, 0.05) is 6.54 Å².